The van der Waals surface area contributed by atoms with Gasteiger partial charge in [0.2, 0.25) is 0 Å². The molecule has 0 saturated carbocycles. The summed E-state index contributed by atoms with van der Waals surface area (Å²) in [6, 6.07) is 7.35. The summed E-state index contributed by atoms with van der Waals surface area (Å²) in [5.41, 5.74) is 3.46. The quantitative estimate of drug-likeness (QED) is 0.909. The smallest absolute Gasteiger partial charge is 0.256 e. The Bertz CT molecular complexity index is 633. The highest BCUT2D eigenvalue weighted by molar-refractivity contribution is 7.10. The molecule has 0 aliphatic heterocycles. The third kappa shape index (κ3) is 2.49. The molecule has 2 N–H and O–H groups in total. The maximum absolute atomic E-state index is 12.4. The second-order valence-electron chi connectivity index (χ2n) is 5.03. The molecule has 1 aliphatic rings. The van der Waals surface area contributed by atoms with Crippen LogP contribution in [0.5, 0.6) is 0 Å². The van der Waals surface area contributed by atoms with E-state index in [1.54, 1.807) is 11.3 Å². The molecule has 3 nitrogen and oxygen atoms in total. The summed E-state index contributed by atoms with van der Waals surface area (Å²) in [6.07, 6.45) is 4.49. The Morgan fingerprint density at radius 2 is 2.05 bits per heavy atom. The predicted octanol–water partition coefficient (Wildman–Crippen LogP) is 3.37. The van der Waals surface area contributed by atoms with E-state index >= 15 is 0 Å². The van der Waals surface area contributed by atoms with Gasteiger partial charge in [-0.05, 0) is 37.3 Å². The maximum atomic E-state index is 12.4. The normalized spacial score (nSPS) is 13.8. The minimum atomic E-state index is -0.0712. The second-order valence-corrected chi connectivity index (χ2v) is 5.99. The fourth-order valence-electron chi connectivity index (χ4n) is 2.65. The molecule has 0 radical (unpaired) electrons. The molecule has 0 saturated heterocycles. The number of carbonyl (C=O) groups is 1. The summed E-state index contributed by atoms with van der Waals surface area (Å²) in [5.74, 6) is -0.0645. The second kappa shape index (κ2) is 5.77. The number of rotatable bonds is 3. The van der Waals surface area contributed by atoms with Gasteiger partial charge in [0.1, 0.15) is 0 Å². The number of thiophene rings is 1. The molecular weight excluding hydrogens is 270 g/mol. The number of fused-ring (bicyclic) bond motifs is 1. The number of amides is 1. The summed E-state index contributed by atoms with van der Waals surface area (Å²) in [6.45, 7) is -0.0712. The van der Waals surface area contributed by atoms with Crippen LogP contribution in [0.15, 0.2) is 29.6 Å². The molecule has 1 heterocycles. The van der Waals surface area contributed by atoms with E-state index in [1.165, 1.54) is 16.9 Å². The molecule has 1 amide bonds. The molecule has 1 aliphatic carbocycles. The van der Waals surface area contributed by atoms with Gasteiger partial charge in [0.25, 0.3) is 5.91 Å². The van der Waals surface area contributed by atoms with Gasteiger partial charge in [0, 0.05) is 21.5 Å². The van der Waals surface area contributed by atoms with E-state index in [4.69, 9.17) is 0 Å². The minimum absolute atomic E-state index is 0.0645. The van der Waals surface area contributed by atoms with Crippen molar-refractivity contribution in [1.82, 2.24) is 0 Å². The minimum Gasteiger partial charge on any atom is -0.392 e. The first kappa shape index (κ1) is 13.3. The van der Waals surface area contributed by atoms with Crippen LogP contribution in [0, 0.1) is 0 Å². The zero-order chi connectivity index (χ0) is 13.9. The molecule has 3 rings (SSSR count). The summed E-state index contributed by atoms with van der Waals surface area (Å²) in [7, 11) is 0. The number of nitrogens with one attached hydrogen (secondary N) is 1. The molecule has 0 unspecified atom stereocenters. The lowest BCUT2D eigenvalue weighted by Crippen LogP contribution is -2.15. The van der Waals surface area contributed by atoms with Crippen molar-refractivity contribution in [2.24, 2.45) is 0 Å². The first-order chi connectivity index (χ1) is 9.79. The van der Waals surface area contributed by atoms with E-state index in [2.05, 4.69) is 5.32 Å². The van der Waals surface area contributed by atoms with Gasteiger partial charge in [0.15, 0.2) is 0 Å². The molecule has 0 spiro atoms. The van der Waals surface area contributed by atoms with Crippen molar-refractivity contribution >= 4 is 22.9 Å². The Kier molecular flexibility index (Phi) is 3.85. The first-order valence-corrected chi connectivity index (χ1v) is 7.77. The molecule has 1 aromatic carbocycles. The molecule has 0 atom stereocenters. The number of anilines is 1. The molecular formula is C16H17NO2S. The Balaban J connectivity index is 1.85. The Morgan fingerprint density at radius 3 is 2.90 bits per heavy atom. The van der Waals surface area contributed by atoms with Gasteiger partial charge in [-0.2, -0.15) is 0 Å². The number of carbonyl (C=O) groups excluding carboxylic acids is 1. The monoisotopic (exact) mass is 287 g/mol. The number of aliphatic hydroxyl groups is 1. The fraction of sp³-hybridized carbons (Fsp3) is 0.312. The zero-order valence-electron chi connectivity index (χ0n) is 11.2. The van der Waals surface area contributed by atoms with E-state index < -0.39 is 0 Å². The van der Waals surface area contributed by atoms with Crippen LogP contribution in [0.3, 0.4) is 0 Å². The molecule has 4 heteroatoms. The van der Waals surface area contributed by atoms with Crippen LogP contribution in [0.2, 0.25) is 0 Å². The summed E-state index contributed by atoms with van der Waals surface area (Å²) < 4.78 is 0. The lowest BCUT2D eigenvalue weighted by Gasteiger charge is -2.13. The van der Waals surface area contributed by atoms with Gasteiger partial charge in [-0.15, -0.1) is 11.3 Å². The van der Waals surface area contributed by atoms with Gasteiger partial charge in [-0.3, -0.25) is 4.79 Å². The van der Waals surface area contributed by atoms with E-state index in [0.717, 1.165) is 30.4 Å². The topological polar surface area (TPSA) is 49.3 Å². The van der Waals surface area contributed by atoms with Crippen molar-refractivity contribution in [3.63, 3.8) is 0 Å². The van der Waals surface area contributed by atoms with Crippen LogP contribution < -0.4 is 5.32 Å². The first-order valence-electron chi connectivity index (χ1n) is 6.89. The molecule has 2 aromatic rings. The number of para-hydroxylation sites is 1. The van der Waals surface area contributed by atoms with Crippen LogP contribution >= 0.6 is 11.3 Å². The van der Waals surface area contributed by atoms with Gasteiger partial charge in [-0.25, -0.2) is 0 Å². The van der Waals surface area contributed by atoms with Crippen molar-refractivity contribution in [1.29, 1.82) is 0 Å². The maximum Gasteiger partial charge on any atom is 0.256 e. The number of hydrogen-bond acceptors (Lipinski definition) is 3. The van der Waals surface area contributed by atoms with Crippen LogP contribution in [0.25, 0.3) is 0 Å². The van der Waals surface area contributed by atoms with Crippen LogP contribution in [0.4, 0.5) is 5.69 Å². The van der Waals surface area contributed by atoms with Gasteiger partial charge >= 0.3 is 0 Å². The average molecular weight is 287 g/mol. The highest BCUT2D eigenvalue weighted by atomic mass is 32.1. The van der Waals surface area contributed by atoms with E-state index in [-0.39, 0.29) is 12.5 Å². The van der Waals surface area contributed by atoms with Gasteiger partial charge in [0.05, 0.1) is 12.2 Å². The lowest BCUT2D eigenvalue weighted by molar-refractivity contribution is 0.102. The van der Waals surface area contributed by atoms with Gasteiger partial charge in [-0.1, -0.05) is 18.2 Å². The summed E-state index contributed by atoms with van der Waals surface area (Å²) >= 11 is 1.69. The molecule has 0 bridgehead atoms. The highest BCUT2D eigenvalue weighted by Gasteiger charge is 2.20. The number of aryl methyl sites for hydroxylation is 1. The summed E-state index contributed by atoms with van der Waals surface area (Å²) in [4.78, 5) is 13.8. The van der Waals surface area contributed by atoms with E-state index in [1.807, 2.05) is 29.6 Å². The SMILES string of the molecule is O=C(Nc1ccccc1CO)c1csc2c1CCCC2. The fourth-order valence-corrected chi connectivity index (χ4v) is 3.78. The Hall–Kier alpha value is -1.65. The van der Waals surface area contributed by atoms with Crippen molar-refractivity contribution in [3.8, 4) is 0 Å². The van der Waals surface area contributed by atoms with E-state index in [0.29, 0.717) is 5.69 Å². The number of benzene rings is 1. The largest absolute Gasteiger partial charge is 0.392 e. The molecule has 104 valence electrons. The average Bonchev–Trinajstić information content (AvgIpc) is 2.92. The van der Waals surface area contributed by atoms with Crippen LogP contribution in [0.1, 0.15) is 39.2 Å². The van der Waals surface area contributed by atoms with Crippen molar-refractivity contribution in [2.75, 3.05) is 5.32 Å². The van der Waals surface area contributed by atoms with Crippen molar-refractivity contribution in [3.05, 3.63) is 51.2 Å². The van der Waals surface area contributed by atoms with E-state index in [9.17, 15) is 9.90 Å². The van der Waals surface area contributed by atoms with Crippen molar-refractivity contribution in [2.45, 2.75) is 32.3 Å². The Morgan fingerprint density at radius 1 is 1.25 bits per heavy atom. The molecule has 0 fully saturated rings. The highest BCUT2D eigenvalue weighted by Crippen LogP contribution is 2.30. The van der Waals surface area contributed by atoms with Crippen molar-refractivity contribution < 1.29 is 9.90 Å². The lowest BCUT2D eigenvalue weighted by atomic mass is 9.95. The zero-order valence-corrected chi connectivity index (χ0v) is 12.0. The number of aliphatic hydroxyl groups excluding tert-OH is 1. The third-order valence-electron chi connectivity index (χ3n) is 3.74. The standard InChI is InChI=1S/C16H17NO2S/c18-9-11-5-1-3-7-14(11)17-16(19)13-10-20-15-8-4-2-6-12(13)15/h1,3,5,7,10,18H,2,4,6,8-9H2,(H,17,19). The number of hydrogen-bond donors (Lipinski definition) is 2. The Labute approximate surface area is 122 Å². The van der Waals surface area contributed by atoms with Gasteiger partial charge < -0.3 is 10.4 Å². The molecule has 1 aromatic heterocycles. The van der Waals surface area contributed by atoms with Crippen LogP contribution in [-0.2, 0) is 19.4 Å². The predicted molar refractivity (Wildman–Crippen MR) is 81.3 cm³/mol. The summed E-state index contributed by atoms with van der Waals surface area (Å²) in [5, 5.41) is 14.2. The molecule has 20 heavy (non-hydrogen) atoms. The van der Waals surface area contributed by atoms with Crippen LogP contribution in [-0.4, -0.2) is 11.0 Å². The third-order valence-corrected chi connectivity index (χ3v) is 4.83.